The van der Waals surface area contributed by atoms with E-state index in [0.717, 1.165) is 0 Å². The van der Waals surface area contributed by atoms with Crippen LogP contribution in [-0.2, 0) is 13.1 Å². The highest BCUT2D eigenvalue weighted by molar-refractivity contribution is 7.80. The smallest absolute Gasteiger partial charge is 0.332 e. The standard InChI is InChI=1S/C10H17N5O2S/c1-4-14-7(12-13-9(18)11-3)6-8(16)15(5-2)10(14)17/h6,12H,4-5H2,1-3H3,(H2,11,13,18). The Morgan fingerprint density at radius 3 is 2.39 bits per heavy atom. The first-order valence-electron chi connectivity index (χ1n) is 5.63. The van der Waals surface area contributed by atoms with Crippen LogP contribution in [0.25, 0.3) is 0 Å². The lowest BCUT2D eigenvalue weighted by atomic mass is 10.5. The first-order valence-corrected chi connectivity index (χ1v) is 6.04. The van der Waals surface area contributed by atoms with E-state index in [4.69, 9.17) is 12.2 Å². The van der Waals surface area contributed by atoms with E-state index in [1.807, 2.05) is 6.92 Å². The van der Waals surface area contributed by atoms with Gasteiger partial charge in [0.1, 0.15) is 5.82 Å². The topological polar surface area (TPSA) is 80.1 Å². The predicted octanol–water partition coefficient (Wildman–Crippen LogP) is -0.529. The van der Waals surface area contributed by atoms with Gasteiger partial charge >= 0.3 is 5.69 Å². The van der Waals surface area contributed by atoms with Gasteiger partial charge in [-0.3, -0.25) is 24.8 Å². The molecule has 0 atom stereocenters. The zero-order chi connectivity index (χ0) is 13.7. The Balaban J connectivity index is 3.16. The highest BCUT2D eigenvalue weighted by atomic mass is 32.1. The number of nitrogens with one attached hydrogen (secondary N) is 3. The average molecular weight is 271 g/mol. The van der Waals surface area contributed by atoms with E-state index < -0.39 is 0 Å². The average Bonchev–Trinajstić information content (AvgIpc) is 2.36. The number of hydrogen-bond donors (Lipinski definition) is 3. The summed E-state index contributed by atoms with van der Waals surface area (Å²) in [7, 11) is 1.67. The molecule has 100 valence electrons. The number of nitrogens with zero attached hydrogens (tertiary/aromatic N) is 2. The van der Waals surface area contributed by atoms with Crippen LogP contribution in [0.4, 0.5) is 5.82 Å². The van der Waals surface area contributed by atoms with Crippen molar-refractivity contribution in [2.45, 2.75) is 26.9 Å². The van der Waals surface area contributed by atoms with Gasteiger partial charge < -0.3 is 5.32 Å². The largest absolute Gasteiger partial charge is 0.364 e. The maximum Gasteiger partial charge on any atom is 0.332 e. The Hall–Kier alpha value is -1.83. The minimum absolute atomic E-state index is 0.341. The monoisotopic (exact) mass is 271 g/mol. The Labute approximate surface area is 110 Å². The van der Waals surface area contributed by atoms with Crippen LogP contribution in [0.15, 0.2) is 15.7 Å². The molecule has 1 aromatic rings. The van der Waals surface area contributed by atoms with Crippen LogP contribution in [0, 0.1) is 0 Å². The fraction of sp³-hybridized carbons (Fsp3) is 0.500. The van der Waals surface area contributed by atoms with Crippen LogP contribution >= 0.6 is 12.2 Å². The number of thiocarbonyl (C=S) groups is 1. The van der Waals surface area contributed by atoms with Crippen LogP contribution in [-0.4, -0.2) is 21.3 Å². The van der Waals surface area contributed by atoms with E-state index in [1.54, 1.807) is 14.0 Å². The second-order valence-corrected chi connectivity index (χ2v) is 3.88. The van der Waals surface area contributed by atoms with Gasteiger partial charge in [-0.25, -0.2) is 4.79 Å². The molecule has 0 bridgehead atoms. The predicted molar refractivity (Wildman–Crippen MR) is 74.7 cm³/mol. The Bertz CT molecular complexity index is 548. The van der Waals surface area contributed by atoms with E-state index in [0.29, 0.717) is 24.0 Å². The maximum absolute atomic E-state index is 12.0. The van der Waals surface area contributed by atoms with E-state index in [1.165, 1.54) is 15.2 Å². The highest BCUT2D eigenvalue weighted by Crippen LogP contribution is 1.98. The van der Waals surface area contributed by atoms with Crippen LogP contribution in [0.5, 0.6) is 0 Å². The molecule has 3 N–H and O–H groups in total. The summed E-state index contributed by atoms with van der Waals surface area (Å²) in [5, 5.41) is 3.08. The quantitative estimate of drug-likeness (QED) is 0.505. The zero-order valence-electron chi connectivity index (χ0n) is 10.6. The SMILES string of the molecule is CCn1c(NNC(=S)NC)cc(=O)n(CC)c1=O. The molecule has 0 amide bonds. The van der Waals surface area contributed by atoms with Gasteiger partial charge in [-0.05, 0) is 26.1 Å². The molecule has 0 spiro atoms. The number of hydrazine groups is 1. The van der Waals surface area contributed by atoms with Gasteiger partial charge in [0, 0.05) is 26.2 Å². The van der Waals surface area contributed by atoms with Gasteiger partial charge in [0.25, 0.3) is 5.56 Å². The van der Waals surface area contributed by atoms with Crippen LogP contribution < -0.4 is 27.4 Å². The van der Waals surface area contributed by atoms with Gasteiger partial charge in [0.15, 0.2) is 5.11 Å². The van der Waals surface area contributed by atoms with Gasteiger partial charge in [-0.1, -0.05) is 0 Å². The third-order valence-electron chi connectivity index (χ3n) is 2.44. The summed E-state index contributed by atoms with van der Waals surface area (Å²) < 4.78 is 2.63. The molecule has 8 heteroatoms. The van der Waals surface area contributed by atoms with Crippen molar-refractivity contribution >= 4 is 23.1 Å². The van der Waals surface area contributed by atoms with Gasteiger partial charge in [0.2, 0.25) is 0 Å². The Morgan fingerprint density at radius 1 is 1.28 bits per heavy atom. The zero-order valence-corrected chi connectivity index (χ0v) is 11.4. The third kappa shape index (κ3) is 2.89. The summed E-state index contributed by atoms with van der Waals surface area (Å²) in [6, 6.07) is 1.36. The van der Waals surface area contributed by atoms with Crippen molar-refractivity contribution in [3.63, 3.8) is 0 Å². The molecule has 0 radical (unpaired) electrons. The summed E-state index contributed by atoms with van der Waals surface area (Å²) in [6.45, 7) is 4.38. The minimum Gasteiger partial charge on any atom is -0.364 e. The summed E-state index contributed by atoms with van der Waals surface area (Å²) in [5.74, 6) is 0.384. The molecule has 0 saturated carbocycles. The summed E-state index contributed by atoms with van der Waals surface area (Å²) in [6.07, 6.45) is 0. The van der Waals surface area contributed by atoms with Gasteiger partial charge in [-0.2, -0.15) is 0 Å². The van der Waals surface area contributed by atoms with Crippen molar-refractivity contribution in [3.05, 3.63) is 26.9 Å². The Kier molecular flexibility index (Phi) is 4.90. The number of anilines is 1. The van der Waals surface area contributed by atoms with Crippen molar-refractivity contribution in [3.8, 4) is 0 Å². The molecule has 0 unspecified atom stereocenters. The van der Waals surface area contributed by atoms with Crippen LogP contribution in [0.2, 0.25) is 0 Å². The Morgan fingerprint density at radius 2 is 1.89 bits per heavy atom. The lowest BCUT2D eigenvalue weighted by Crippen LogP contribution is -2.43. The van der Waals surface area contributed by atoms with E-state index in [-0.39, 0.29) is 11.2 Å². The van der Waals surface area contributed by atoms with E-state index in [9.17, 15) is 9.59 Å². The number of aromatic nitrogens is 2. The molecular formula is C10H17N5O2S. The molecule has 7 nitrogen and oxygen atoms in total. The number of rotatable bonds is 4. The van der Waals surface area contributed by atoms with Crippen molar-refractivity contribution < 1.29 is 0 Å². The molecule has 0 aliphatic heterocycles. The van der Waals surface area contributed by atoms with Crippen LogP contribution in [0.3, 0.4) is 0 Å². The van der Waals surface area contributed by atoms with Crippen molar-refractivity contribution in [2.24, 2.45) is 0 Å². The highest BCUT2D eigenvalue weighted by Gasteiger charge is 2.08. The summed E-state index contributed by atoms with van der Waals surface area (Å²) >= 11 is 4.89. The molecular weight excluding hydrogens is 254 g/mol. The molecule has 1 heterocycles. The second kappa shape index (κ2) is 6.20. The van der Waals surface area contributed by atoms with Crippen LogP contribution in [0.1, 0.15) is 13.8 Å². The first kappa shape index (κ1) is 14.2. The lowest BCUT2D eigenvalue weighted by Gasteiger charge is -2.15. The molecule has 1 aromatic heterocycles. The molecule has 0 aromatic carbocycles. The van der Waals surface area contributed by atoms with Gasteiger partial charge in [-0.15, -0.1) is 0 Å². The third-order valence-corrected chi connectivity index (χ3v) is 2.75. The van der Waals surface area contributed by atoms with E-state index in [2.05, 4.69) is 16.2 Å². The van der Waals surface area contributed by atoms with Crippen molar-refractivity contribution in [1.29, 1.82) is 0 Å². The molecule has 0 saturated heterocycles. The maximum atomic E-state index is 12.0. The first-order chi connectivity index (χ1) is 8.54. The van der Waals surface area contributed by atoms with Crippen molar-refractivity contribution in [2.75, 3.05) is 12.5 Å². The molecule has 0 aliphatic rings. The lowest BCUT2D eigenvalue weighted by molar-refractivity contribution is 0.590. The molecule has 18 heavy (non-hydrogen) atoms. The molecule has 0 fully saturated rings. The normalized spacial score (nSPS) is 9.94. The van der Waals surface area contributed by atoms with Crippen molar-refractivity contribution in [1.82, 2.24) is 19.9 Å². The number of hydrogen-bond acceptors (Lipinski definition) is 4. The van der Waals surface area contributed by atoms with Gasteiger partial charge in [0.05, 0.1) is 0 Å². The molecule has 1 rings (SSSR count). The minimum atomic E-state index is -0.341. The fourth-order valence-corrected chi connectivity index (χ4v) is 1.55. The second-order valence-electron chi connectivity index (χ2n) is 3.47. The van der Waals surface area contributed by atoms with E-state index >= 15 is 0 Å². The fourth-order valence-electron chi connectivity index (χ4n) is 1.50. The molecule has 0 aliphatic carbocycles. The summed E-state index contributed by atoms with van der Waals surface area (Å²) in [5.41, 5.74) is 4.74. The summed E-state index contributed by atoms with van der Waals surface area (Å²) in [4.78, 5) is 23.7.